The van der Waals surface area contributed by atoms with Gasteiger partial charge in [-0.25, -0.2) is 0 Å². The summed E-state index contributed by atoms with van der Waals surface area (Å²) in [4.78, 5) is 0. The van der Waals surface area contributed by atoms with Crippen LogP contribution in [0.3, 0.4) is 0 Å². The van der Waals surface area contributed by atoms with Crippen LogP contribution in [0.15, 0.2) is 18.2 Å². The number of hydrogen-bond donors (Lipinski definition) is 3. The number of hydrogen-bond acceptors (Lipinski definition) is 5. The van der Waals surface area contributed by atoms with E-state index in [2.05, 4.69) is 5.32 Å². The second-order valence-corrected chi connectivity index (χ2v) is 3.82. The number of methoxy groups -OCH3 is 2. The van der Waals surface area contributed by atoms with Gasteiger partial charge >= 0.3 is 0 Å². The normalized spacial score (nSPS) is 12.9. The summed E-state index contributed by atoms with van der Waals surface area (Å²) in [5.41, 5.74) is 0.709. The summed E-state index contributed by atoms with van der Waals surface area (Å²) >= 11 is 0. The lowest BCUT2D eigenvalue weighted by Crippen LogP contribution is -2.39. The van der Waals surface area contributed by atoms with E-state index in [0.29, 0.717) is 12.1 Å². The average molecular weight is 241 g/mol. The lowest BCUT2D eigenvalue weighted by molar-refractivity contribution is -0.119. The van der Waals surface area contributed by atoms with Gasteiger partial charge in [0.15, 0.2) is 6.29 Å². The van der Waals surface area contributed by atoms with E-state index in [1.54, 1.807) is 20.3 Å². The van der Waals surface area contributed by atoms with Crippen molar-refractivity contribution in [3.8, 4) is 11.5 Å². The molecule has 96 valence electrons. The van der Waals surface area contributed by atoms with Gasteiger partial charge in [-0.05, 0) is 13.0 Å². The van der Waals surface area contributed by atoms with Crippen LogP contribution in [0.5, 0.6) is 11.5 Å². The number of phenols is 2. The van der Waals surface area contributed by atoms with Gasteiger partial charge in [0.05, 0.1) is 6.04 Å². The van der Waals surface area contributed by atoms with Crippen LogP contribution in [0.4, 0.5) is 0 Å². The van der Waals surface area contributed by atoms with Crippen molar-refractivity contribution in [1.82, 2.24) is 5.32 Å². The summed E-state index contributed by atoms with van der Waals surface area (Å²) in [6, 6.07) is 4.49. The first-order valence-electron chi connectivity index (χ1n) is 5.38. The number of phenolic OH excluding ortho intramolecular Hbond substituents is 2. The molecule has 1 aromatic rings. The fourth-order valence-corrected chi connectivity index (χ4v) is 1.57. The fourth-order valence-electron chi connectivity index (χ4n) is 1.57. The Hall–Kier alpha value is -1.30. The van der Waals surface area contributed by atoms with Gasteiger partial charge in [0.25, 0.3) is 0 Å². The molecule has 1 unspecified atom stereocenters. The molecular weight excluding hydrogens is 222 g/mol. The van der Waals surface area contributed by atoms with E-state index in [1.807, 2.05) is 6.92 Å². The van der Waals surface area contributed by atoms with E-state index in [4.69, 9.17) is 14.6 Å². The van der Waals surface area contributed by atoms with Crippen molar-refractivity contribution in [2.45, 2.75) is 25.8 Å². The predicted molar refractivity (Wildman–Crippen MR) is 63.9 cm³/mol. The molecular formula is C12H19NO4. The Morgan fingerprint density at radius 2 is 1.88 bits per heavy atom. The zero-order valence-electron chi connectivity index (χ0n) is 10.3. The highest BCUT2D eigenvalue weighted by atomic mass is 16.7. The second-order valence-electron chi connectivity index (χ2n) is 3.82. The van der Waals surface area contributed by atoms with Crippen molar-refractivity contribution in [1.29, 1.82) is 0 Å². The minimum absolute atomic E-state index is 0.0156. The van der Waals surface area contributed by atoms with Gasteiger partial charge in [-0.15, -0.1) is 0 Å². The molecule has 0 aromatic heterocycles. The third-order valence-corrected chi connectivity index (χ3v) is 2.56. The number of ether oxygens (including phenoxy) is 2. The number of benzene rings is 1. The zero-order chi connectivity index (χ0) is 12.8. The van der Waals surface area contributed by atoms with Crippen LogP contribution in [-0.2, 0) is 16.0 Å². The first kappa shape index (κ1) is 13.8. The molecule has 1 rings (SSSR count). The molecule has 0 aliphatic carbocycles. The molecule has 0 fully saturated rings. The van der Waals surface area contributed by atoms with Crippen molar-refractivity contribution < 1.29 is 19.7 Å². The summed E-state index contributed by atoms with van der Waals surface area (Å²) < 4.78 is 10.2. The van der Waals surface area contributed by atoms with Crippen LogP contribution in [0.2, 0.25) is 0 Å². The highest BCUT2D eigenvalue weighted by molar-refractivity contribution is 5.38. The molecule has 5 nitrogen and oxygen atoms in total. The molecule has 17 heavy (non-hydrogen) atoms. The fraction of sp³-hybridized carbons (Fsp3) is 0.500. The third kappa shape index (κ3) is 3.89. The van der Waals surface area contributed by atoms with Gasteiger partial charge in [-0.1, -0.05) is 6.07 Å². The highest BCUT2D eigenvalue weighted by Crippen LogP contribution is 2.22. The van der Waals surface area contributed by atoms with E-state index in [0.717, 1.165) is 0 Å². The van der Waals surface area contributed by atoms with Crippen LogP contribution in [0.25, 0.3) is 0 Å². The Morgan fingerprint density at radius 1 is 1.24 bits per heavy atom. The number of nitrogens with one attached hydrogen (secondary N) is 1. The van der Waals surface area contributed by atoms with E-state index >= 15 is 0 Å². The van der Waals surface area contributed by atoms with E-state index in [-0.39, 0.29) is 23.8 Å². The smallest absolute Gasteiger partial charge is 0.171 e. The van der Waals surface area contributed by atoms with Gasteiger partial charge in [-0.3, -0.25) is 0 Å². The lowest BCUT2D eigenvalue weighted by atomic mass is 10.2. The van der Waals surface area contributed by atoms with E-state index < -0.39 is 0 Å². The summed E-state index contributed by atoms with van der Waals surface area (Å²) in [5.74, 6) is 0.113. The van der Waals surface area contributed by atoms with Gasteiger partial charge < -0.3 is 25.0 Å². The highest BCUT2D eigenvalue weighted by Gasteiger charge is 2.15. The molecule has 5 heteroatoms. The van der Waals surface area contributed by atoms with Crippen LogP contribution in [-0.4, -0.2) is 36.8 Å². The quantitative estimate of drug-likeness (QED) is 0.653. The van der Waals surface area contributed by atoms with E-state index in [1.165, 1.54) is 12.1 Å². The molecule has 0 saturated heterocycles. The summed E-state index contributed by atoms with van der Waals surface area (Å²) in [6.07, 6.45) is -0.339. The van der Waals surface area contributed by atoms with Crippen molar-refractivity contribution >= 4 is 0 Å². The minimum Gasteiger partial charge on any atom is -0.508 e. The SMILES string of the molecule is COC(OC)C(C)NCc1ccc(O)cc1O. The van der Waals surface area contributed by atoms with Crippen LogP contribution >= 0.6 is 0 Å². The molecule has 0 heterocycles. The van der Waals surface area contributed by atoms with Crippen LogP contribution in [0, 0.1) is 0 Å². The summed E-state index contributed by atoms with van der Waals surface area (Å²) in [6.45, 7) is 2.39. The Labute approximate surface area is 101 Å². The predicted octanol–water partition coefficient (Wildman–Crippen LogP) is 1.19. The molecule has 0 saturated carbocycles. The molecule has 1 aromatic carbocycles. The van der Waals surface area contributed by atoms with E-state index in [9.17, 15) is 5.11 Å². The Kier molecular flexibility index (Phi) is 5.21. The van der Waals surface area contributed by atoms with Crippen molar-refractivity contribution in [3.05, 3.63) is 23.8 Å². The Bertz CT molecular complexity index is 352. The monoisotopic (exact) mass is 241 g/mol. The maximum atomic E-state index is 9.59. The van der Waals surface area contributed by atoms with Crippen LogP contribution in [0.1, 0.15) is 12.5 Å². The molecule has 0 aliphatic heterocycles. The molecule has 0 aliphatic rings. The Morgan fingerprint density at radius 3 is 2.41 bits per heavy atom. The summed E-state index contributed by atoms with van der Waals surface area (Å²) in [7, 11) is 3.15. The number of rotatable bonds is 6. The first-order valence-corrected chi connectivity index (χ1v) is 5.38. The zero-order valence-corrected chi connectivity index (χ0v) is 10.3. The molecule has 1 atom stereocenters. The Balaban J connectivity index is 2.55. The molecule has 0 spiro atoms. The van der Waals surface area contributed by atoms with Gasteiger partial charge in [0, 0.05) is 32.4 Å². The molecule has 0 radical (unpaired) electrons. The third-order valence-electron chi connectivity index (χ3n) is 2.56. The maximum Gasteiger partial charge on any atom is 0.171 e. The van der Waals surface area contributed by atoms with Gasteiger partial charge in [-0.2, -0.15) is 0 Å². The van der Waals surface area contributed by atoms with Gasteiger partial charge in [0.1, 0.15) is 11.5 Å². The lowest BCUT2D eigenvalue weighted by Gasteiger charge is -2.22. The molecule has 0 amide bonds. The van der Waals surface area contributed by atoms with Crippen molar-refractivity contribution in [2.24, 2.45) is 0 Å². The second kappa shape index (κ2) is 6.44. The molecule has 0 bridgehead atoms. The topological polar surface area (TPSA) is 71.0 Å². The maximum absolute atomic E-state index is 9.59. The average Bonchev–Trinajstić information content (AvgIpc) is 2.29. The number of aromatic hydroxyl groups is 2. The van der Waals surface area contributed by atoms with Gasteiger partial charge in [0.2, 0.25) is 0 Å². The minimum atomic E-state index is -0.339. The first-order chi connectivity index (χ1) is 8.08. The van der Waals surface area contributed by atoms with Crippen molar-refractivity contribution in [3.63, 3.8) is 0 Å². The van der Waals surface area contributed by atoms with Crippen molar-refractivity contribution in [2.75, 3.05) is 14.2 Å². The molecule has 3 N–H and O–H groups in total. The summed E-state index contributed by atoms with van der Waals surface area (Å²) in [5, 5.41) is 21.9. The largest absolute Gasteiger partial charge is 0.508 e. The standard InChI is InChI=1S/C12H19NO4/c1-8(12(16-2)17-3)13-7-9-4-5-10(14)6-11(9)15/h4-6,8,12-15H,7H2,1-3H3. The van der Waals surface area contributed by atoms with Crippen LogP contribution < -0.4 is 5.32 Å².